The van der Waals surface area contributed by atoms with Crippen LogP contribution in [0.2, 0.25) is 0 Å². The molecule has 4 N–H and O–H groups in total. The van der Waals surface area contributed by atoms with E-state index < -0.39 is 37.0 Å². The van der Waals surface area contributed by atoms with Crippen LogP contribution in [-0.2, 0) is 10.0 Å². The van der Waals surface area contributed by atoms with Crippen LogP contribution in [0.25, 0.3) is 11.0 Å². The van der Waals surface area contributed by atoms with E-state index in [-0.39, 0.29) is 41.3 Å². The van der Waals surface area contributed by atoms with Crippen LogP contribution in [0.15, 0.2) is 77.8 Å². The molecule has 67 heavy (non-hydrogen) atoms. The Morgan fingerprint density at radius 2 is 1.76 bits per heavy atom. The zero-order valence-electron chi connectivity index (χ0n) is 38.7. The van der Waals surface area contributed by atoms with Crippen molar-refractivity contribution >= 4 is 44.0 Å². The van der Waals surface area contributed by atoms with Crippen LogP contribution in [0.1, 0.15) is 124 Å². The molecule has 10 rings (SSSR count). The molecule has 5 aromatic rings. The third-order valence-electron chi connectivity index (χ3n) is 15.6. The second-order valence-electron chi connectivity index (χ2n) is 20.4. The average Bonchev–Trinajstić information content (AvgIpc) is 3.97. The molecule has 5 heterocycles. The van der Waals surface area contributed by atoms with Gasteiger partial charge in [0.1, 0.15) is 23.8 Å². The molecular formula is C51H61N7O8S. The number of aliphatic hydroxyl groups is 1. The lowest BCUT2D eigenvalue weighted by Gasteiger charge is -2.56. The molecule has 5 aliphatic rings. The zero-order valence-corrected chi connectivity index (χ0v) is 39.5. The number of fused-ring (bicyclic) bond motifs is 2. The Morgan fingerprint density at radius 1 is 1.00 bits per heavy atom. The standard InChI is InChI=1S/C51H61N7O8S/c1-31(2)38-8-5-6-9-39(38)42-10-7-21-57(42)36-28-51(29-36)18-22-56(23-19-51)35-11-12-40(45(25-35)66-44-24-34-15-20-52-48(34)53-32(44)3)49(59)55-67(63,64)37-26-43(58(61)62)47-46(27-37)65-30-41(54-47)33-13-16-50(4,60)17-14-33/h5-6,8-9,11-12,15,20,24-27,31,33,36,41-42,54,60H,7,10,13-14,16-19,21-23,28-30H2,1-4H3,(H,52,53)(H,55,59)/t33?,41-,42+,50?/m1/s1. The number of anilines is 2. The number of piperidine rings is 1. The van der Waals surface area contributed by atoms with Gasteiger partial charge in [-0.2, -0.15) is 0 Å². The maximum atomic E-state index is 14.2. The number of carbonyl (C=O) groups is 1. The van der Waals surface area contributed by atoms with Gasteiger partial charge < -0.3 is 29.8 Å². The van der Waals surface area contributed by atoms with E-state index in [1.165, 1.54) is 42.9 Å². The quantitative estimate of drug-likeness (QED) is 0.0726. The summed E-state index contributed by atoms with van der Waals surface area (Å²) in [6.45, 7) is 11.2. The number of pyridine rings is 1. The number of nitrogens with one attached hydrogen (secondary N) is 3. The molecule has 16 heteroatoms. The Hall–Kier alpha value is -5.71. The van der Waals surface area contributed by atoms with Gasteiger partial charge in [-0.1, -0.05) is 38.1 Å². The third kappa shape index (κ3) is 8.83. The van der Waals surface area contributed by atoms with Crippen LogP contribution in [0.4, 0.5) is 17.1 Å². The van der Waals surface area contributed by atoms with Crippen LogP contribution in [-0.4, -0.2) is 83.1 Å². The summed E-state index contributed by atoms with van der Waals surface area (Å²) in [5, 5.41) is 26.9. The monoisotopic (exact) mass is 931 g/mol. The van der Waals surface area contributed by atoms with Crippen molar-refractivity contribution in [2.45, 2.75) is 126 Å². The number of amides is 1. The van der Waals surface area contributed by atoms with E-state index in [1.54, 1.807) is 25.3 Å². The third-order valence-corrected chi connectivity index (χ3v) is 16.9. The molecule has 1 amide bonds. The summed E-state index contributed by atoms with van der Waals surface area (Å²) in [4.78, 5) is 38.3. The number of hydrogen-bond acceptors (Lipinski definition) is 12. The summed E-state index contributed by atoms with van der Waals surface area (Å²) < 4.78 is 42.7. The largest absolute Gasteiger partial charge is 0.489 e. The number of aromatic nitrogens is 2. The van der Waals surface area contributed by atoms with E-state index in [0.29, 0.717) is 66.2 Å². The predicted octanol–water partition coefficient (Wildman–Crippen LogP) is 9.51. The molecule has 0 bridgehead atoms. The highest BCUT2D eigenvalue weighted by Crippen LogP contribution is 2.54. The number of nitro benzene ring substituents is 1. The first kappa shape index (κ1) is 45.1. The number of hydrogen-bond donors (Lipinski definition) is 4. The van der Waals surface area contributed by atoms with Gasteiger partial charge in [0.2, 0.25) is 0 Å². The second-order valence-corrected chi connectivity index (χ2v) is 22.1. The van der Waals surface area contributed by atoms with E-state index in [9.17, 15) is 28.4 Å². The summed E-state index contributed by atoms with van der Waals surface area (Å²) in [7, 11) is -4.67. The van der Waals surface area contributed by atoms with Crippen molar-refractivity contribution in [3.05, 3.63) is 105 Å². The fraction of sp³-hybridized carbons (Fsp3) is 0.490. The highest BCUT2D eigenvalue weighted by atomic mass is 32.2. The maximum absolute atomic E-state index is 14.2. The van der Waals surface area contributed by atoms with Gasteiger partial charge in [-0.05, 0) is 137 Å². The van der Waals surface area contributed by atoms with Crippen molar-refractivity contribution in [3.63, 3.8) is 0 Å². The van der Waals surface area contributed by atoms with Crippen LogP contribution in [0.5, 0.6) is 17.2 Å². The lowest BCUT2D eigenvalue weighted by atomic mass is 9.59. The smallest absolute Gasteiger partial charge is 0.297 e. The predicted molar refractivity (Wildman–Crippen MR) is 257 cm³/mol. The molecular weight excluding hydrogens is 871 g/mol. The minimum absolute atomic E-state index is 0.00552. The maximum Gasteiger partial charge on any atom is 0.297 e. The molecule has 2 saturated carbocycles. The molecule has 354 valence electrons. The molecule has 2 aliphatic carbocycles. The number of nitro groups is 1. The molecule has 1 spiro atoms. The highest BCUT2D eigenvalue weighted by molar-refractivity contribution is 7.90. The number of benzene rings is 3. The fourth-order valence-electron chi connectivity index (χ4n) is 11.7. The van der Waals surface area contributed by atoms with Crippen molar-refractivity contribution in [2.24, 2.45) is 11.3 Å². The van der Waals surface area contributed by atoms with Crippen LogP contribution in [0, 0.1) is 28.4 Å². The van der Waals surface area contributed by atoms with E-state index in [2.05, 4.69) is 67.9 Å². The lowest BCUT2D eigenvalue weighted by Crippen LogP contribution is -2.54. The SMILES string of the molecule is Cc1nc2[nH]ccc2cc1Oc1cc(N2CCC3(CC2)CC(N2CCC[C@H]2c2ccccc2C(C)C)C3)ccc1C(=O)NS(=O)(=O)c1cc2c(c([N+](=O)[O-])c1)N[C@@H](C1CCC(C)(O)CC1)CO2. The summed E-state index contributed by atoms with van der Waals surface area (Å²) in [5.41, 5.74) is 4.17. The molecule has 2 saturated heterocycles. The van der Waals surface area contributed by atoms with Gasteiger partial charge >= 0.3 is 0 Å². The minimum atomic E-state index is -4.67. The Bertz CT molecular complexity index is 2820. The van der Waals surface area contributed by atoms with E-state index in [4.69, 9.17) is 9.47 Å². The van der Waals surface area contributed by atoms with Crippen molar-refractivity contribution < 1.29 is 32.7 Å². The number of H-pyrrole nitrogens is 1. The molecule has 2 atom stereocenters. The number of carbonyl (C=O) groups excluding carboxylic acids is 1. The average molecular weight is 932 g/mol. The Morgan fingerprint density at radius 3 is 2.51 bits per heavy atom. The molecule has 2 aromatic heterocycles. The Labute approximate surface area is 391 Å². The highest BCUT2D eigenvalue weighted by Gasteiger charge is 2.50. The van der Waals surface area contributed by atoms with E-state index in [1.807, 2.05) is 25.1 Å². The molecule has 0 unspecified atom stereocenters. The Balaban J connectivity index is 0.866. The topological polar surface area (TPSA) is 192 Å². The van der Waals surface area contributed by atoms with Gasteiger partial charge in [-0.15, -0.1) is 0 Å². The van der Waals surface area contributed by atoms with Gasteiger partial charge in [0.15, 0.2) is 11.4 Å². The van der Waals surface area contributed by atoms with Crippen LogP contribution >= 0.6 is 0 Å². The van der Waals surface area contributed by atoms with E-state index in [0.717, 1.165) is 49.6 Å². The summed E-state index contributed by atoms with van der Waals surface area (Å²) >= 11 is 0. The van der Waals surface area contributed by atoms with Crippen molar-refractivity contribution in [2.75, 3.05) is 36.5 Å². The number of likely N-dealkylation sites (tertiary alicyclic amines) is 1. The number of aromatic amines is 1. The Kier molecular flexibility index (Phi) is 11.7. The molecule has 0 radical (unpaired) electrons. The van der Waals surface area contributed by atoms with Crippen LogP contribution < -0.4 is 24.4 Å². The summed E-state index contributed by atoms with van der Waals surface area (Å²) in [5.74, 6) is 0.195. The van der Waals surface area contributed by atoms with Gasteiger partial charge in [0, 0.05) is 60.6 Å². The number of ether oxygens (including phenoxy) is 2. The van der Waals surface area contributed by atoms with Crippen LogP contribution in [0.3, 0.4) is 0 Å². The summed E-state index contributed by atoms with van der Waals surface area (Å²) in [6.07, 6.45) is 11.3. The molecule has 4 fully saturated rings. The molecule has 3 aliphatic heterocycles. The van der Waals surface area contributed by atoms with E-state index >= 15 is 0 Å². The normalized spacial score (nSPS) is 24.2. The lowest BCUT2D eigenvalue weighted by molar-refractivity contribution is -0.384. The summed E-state index contributed by atoms with van der Waals surface area (Å²) in [6, 6.07) is 20.8. The zero-order chi connectivity index (χ0) is 46.8. The fourth-order valence-corrected chi connectivity index (χ4v) is 12.7. The molecule has 15 nitrogen and oxygen atoms in total. The van der Waals surface area contributed by atoms with Gasteiger partial charge in [-0.3, -0.25) is 19.8 Å². The molecule has 3 aromatic carbocycles. The first-order chi connectivity index (χ1) is 32.1. The number of nitrogens with zero attached hydrogens (tertiary/aromatic N) is 4. The van der Waals surface area contributed by atoms with Gasteiger partial charge in [0.25, 0.3) is 21.6 Å². The first-order valence-corrected chi connectivity index (χ1v) is 25.4. The van der Waals surface area contributed by atoms with Crippen molar-refractivity contribution in [1.82, 2.24) is 19.6 Å². The van der Waals surface area contributed by atoms with Gasteiger partial charge in [0.05, 0.1) is 32.7 Å². The first-order valence-electron chi connectivity index (χ1n) is 23.9. The van der Waals surface area contributed by atoms with Gasteiger partial charge in [-0.25, -0.2) is 18.1 Å². The van der Waals surface area contributed by atoms with Crippen molar-refractivity contribution in [1.29, 1.82) is 0 Å². The number of aryl methyl sites for hydroxylation is 1. The number of rotatable bonds is 11. The minimum Gasteiger partial charge on any atom is -0.489 e. The van der Waals surface area contributed by atoms with Crippen molar-refractivity contribution in [3.8, 4) is 17.2 Å². The number of sulfonamides is 1. The second kappa shape index (κ2) is 17.4.